The number of amides is 4. The molecule has 0 aromatic heterocycles. The average molecular weight is 501 g/mol. The van der Waals surface area contributed by atoms with Gasteiger partial charge in [0.05, 0.1) is 0 Å². The number of carbonyl (C=O) groups excluding carboxylic acids is 2. The molecule has 8 heteroatoms. The SMILES string of the molecule is O=C(NCc1ccc(F)cc1)Nc1ccc(Cc2ccc(NC(=O)NCc3ccc(F)cc3)cc2)cc1. The minimum absolute atomic E-state index is 0.297. The molecule has 0 saturated carbocycles. The summed E-state index contributed by atoms with van der Waals surface area (Å²) in [5.41, 5.74) is 5.06. The van der Waals surface area contributed by atoms with Gasteiger partial charge in [-0.1, -0.05) is 48.5 Å². The standard InChI is InChI=1S/C29H26F2N4O2/c30-24-9-1-22(2-10-24)18-32-28(36)34-26-13-5-20(6-14-26)17-21-7-15-27(16-8-21)35-29(37)33-19-23-3-11-25(31)12-4-23/h1-16H,17-19H2,(H2,32,34,36)(H2,33,35,37). The molecule has 4 rings (SSSR count). The van der Waals surface area contributed by atoms with Gasteiger partial charge in [-0.2, -0.15) is 0 Å². The zero-order valence-electron chi connectivity index (χ0n) is 19.9. The summed E-state index contributed by atoms with van der Waals surface area (Å²) < 4.78 is 25.9. The van der Waals surface area contributed by atoms with E-state index in [4.69, 9.17) is 0 Å². The number of halogens is 2. The Balaban J connectivity index is 1.21. The van der Waals surface area contributed by atoms with Crippen molar-refractivity contribution in [1.29, 1.82) is 0 Å². The van der Waals surface area contributed by atoms with Crippen molar-refractivity contribution in [2.75, 3.05) is 10.6 Å². The summed E-state index contributed by atoms with van der Waals surface area (Å²) in [6.07, 6.45) is 0.689. The number of urea groups is 2. The van der Waals surface area contributed by atoms with Gasteiger partial charge in [-0.05, 0) is 77.2 Å². The number of carbonyl (C=O) groups is 2. The normalized spacial score (nSPS) is 10.4. The van der Waals surface area contributed by atoms with E-state index in [0.717, 1.165) is 22.3 Å². The van der Waals surface area contributed by atoms with Crippen molar-refractivity contribution in [3.63, 3.8) is 0 Å². The number of anilines is 2. The third kappa shape index (κ3) is 8.17. The van der Waals surface area contributed by atoms with Crippen LogP contribution in [0.25, 0.3) is 0 Å². The molecule has 4 aromatic carbocycles. The third-order valence-electron chi connectivity index (χ3n) is 5.56. The molecule has 0 heterocycles. The monoisotopic (exact) mass is 500 g/mol. The highest BCUT2D eigenvalue weighted by molar-refractivity contribution is 5.89. The molecular formula is C29H26F2N4O2. The van der Waals surface area contributed by atoms with Crippen molar-refractivity contribution in [2.24, 2.45) is 0 Å². The van der Waals surface area contributed by atoms with Crippen LogP contribution in [0.5, 0.6) is 0 Å². The van der Waals surface area contributed by atoms with Crippen LogP contribution in [0, 0.1) is 11.6 Å². The molecule has 6 nitrogen and oxygen atoms in total. The molecule has 0 bridgehead atoms. The lowest BCUT2D eigenvalue weighted by Gasteiger charge is -2.10. The molecule has 4 aromatic rings. The van der Waals surface area contributed by atoms with Crippen LogP contribution < -0.4 is 21.3 Å². The summed E-state index contributed by atoms with van der Waals surface area (Å²) in [5, 5.41) is 11.0. The van der Waals surface area contributed by atoms with Gasteiger partial charge in [0.15, 0.2) is 0 Å². The largest absolute Gasteiger partial charge is 0.334 e. The first-order valence-corrected chi connectivity index (χ1v) is 11.7. The summed E-state index contributed by atoms with van der Waals surface area (Å²) in [6.45, 7) is 0.593. The maximum Gasteiger partial charge on any atom is 0.319 e. The molecular weight excluding hydrogens is 474 g/mol. The summed E-state index contributed by atoms with van der Waals surface area (Å²) in [6, 6.07) is 26.3. The van der Waals surface area contributed by atoms with Crippen LogP contribution in [0.4, 0.5) is 29.7 Å². The summed E-state index contributed by atoms with van der Waals surface area (Å²) >= 11 is 0. The van der Waals surface area contributed by atoms with E-state index in [1.165, 1.54) is 24.3 Å². The number of nitrogens with one attached hydrogen (secondary N) is 4. The van der Waals surface area contributed by atoms with Crippen molar-refractivity contribution in [3.05, 3.63) is 131 Å². The van der Waals surface area contributed by atoms with Crippen LogP contribution >= 0.6 is 0 Å². The van der Waals surface area contributed by atoms with Crippen LogP contribution in [-0.4, -0.2) is 12.1 Å². The van der Waals surface area contributed by atoms with Crippen LogP contribution in [0.15, 0.2) is 97.1 Å². The molecule has 0 atom stereocenters. The quantitative estimate of drug-likeness (QED) is 0.232. The van der Waals surface area contributed by atoms with Gasteiger partial charge in [0.25, 0.3) is 0 Å². The first-order valence-electron chi connectivity index (χ1n) is 11.7. The van der Waals surface area contributed by atoms with Crippen molar-refractivity contribution in [2.45, 2.75) is 19.5 Å². The lowest BCUT2D eigenvalue weighted by atomic mass is 10.0. The zero-order chi connectivity index (χ0) is 26.0. The van der Waals surface area contributed by atoms with E-state index in [1.54, 1.807) is 24.3 Å². The molecule has 4 amide bonds. The number of hydrogen-bond donors (Lipinski definition) is 4. The lowest BCUT2D eigenvalue weighted by molar-refractivity contribution is 0.251. The molecule has 0 aliphatic rings. The van der Waals surface area contributed by atoms with Crippen molar-refractivity contribution < 1.29 is 18.4 Å². The van der Waals surface area contributed by atoms with Crippen LogP contribution in [-0.2, 0) is 19.5 Å². The van der Waals surface area contributed by atoms with Gasteiger partial charge in [-0.15, -0.1) is 0 Å². The van der Waals surface area contributed by atoms with E-state index in [2.05, 4.69) is 21.3 Å². The minimum Gasteiger partial charge on any atom is -0.334 e. The molecule has 0 aliphatic heterocycles. The predicted molar refractivity (Wildman–Crippen MR) is 140 cm³/mol. The minimum atomic E-state index is -0.345. The molecule has 0 aliphatic carbocycles. The van der Waals surface area contributed by atoms with E-state index in [1.807, 2.05) is 48.5 Å². The van der Waals surface area contributed by atoms with Crippen molar-refractivity contribution >= 4 is 23.4 Å². The second kappa shape index (κ2) is 12.3. The van der Waals surface area contributed by atoms with Gasteiger partial charge in [0.1, 0.15) is 11.6 Å². The Morgan fingerprint density at radius 3 is 1.16 bits per heavy atom. The second-order valence-electron chi connectivity index (χ2n) is 8.44. The van der Waals surface area contributed by atoms with Gasteiger partial charge in [-0.25, -0.2) is 18.4 Å². The maximum absolute atomic E-state index is 13.0. The third-order valence-corrected chi connectivity index (χ3v) is 5.56. The molecule has 0 saturated heterocycles. The summed E-state index contributed by atoms with van der Waals surface area (Å²) in [5.74, 6) is -0.633. The van der Waals surface area contributed by atoms with Gasteiger partial charge in [0, 0.05) is 24.5 Å². The van der Waals surface area contributed by atoms with E-state index in [9.17, 15) is 18.4 Å². The zero-order valence-corrected chi connectivity index (χ0v) is 19.9. The van der Waals surface area contributed by atoms with E-state index in [0.29, 0.717) is 30.9 Å². The Morgan fingerprint density at radius 2 is 0.811 bits per heavy atom. The first kappa shape index (κ1) is 25.4. The fraction of sp³-hybridized carbons (Fsp3) is 0.103. The summed E-state index contributed by atoms with van der Waals surface area (Å²) in [7, 11) is 0. The topological polar surface area (TPSA) is 82.3 Å². The lowest BCUT2D eigenvalue weighted by Crippen LogP contribution is -2.28. The highest BCUT2D eigenvalue weighted by Gasteiger charge is 2.05. The Hall–Kier alpha value is -4.72. The van der Waals surface area contributed by atoms with Gasteiger partial charge in [0.2, 0.25) is 0 Å². The highest BCUT2D eigenvalue weighted by atomic mass is 19.1. The van der Waals surface area contributed by atoms with Crippen LogP contribution in [0.2, 0.25) is 0 Å². The fourth-order valence-corrected chi connectivity index (χ4v) is 3.57. The molecule has 0 fully saturated rings. The second-order valence-corrected chi connectivity index (χ2v) is 8.44. The maximum atomic E-state index is 13.0. The average Bonchev–Trinajstić information content (AvgIpc) is 2.90. The Labute approximate surface area is 213 Å². The number of benzene rings is 4. The number of rotatable bonds is 8. The fourth-order valence-electron chi connectivity index (χ4n) is 3.57. The van der Waals surface area contributed by atoms with Crippen LogP contribution in [0.1, 0.15) is 22.3 Å². The van der Waals surface area contributed by atoms with Gasteiger partial charge < -0.3 is 21.3 Å². The van der Waals surface area contributed by atoms with Crippen LogP contribution in [0.3, 0.4) is 0 Å². The molecule has 188 valence electrons. The number of hydrogen-bond acceptors (Lipinski definition) is 2. The summed E-state index contributed by atoms with van der Waals surface area (Å²) in [4.78, 5) is 24.2. The highest BCUT2D eigenvalue weighted by Crippen LogP contribution is 2.16. The van der Waals surface area contributed by atoms with E-state index in [-0.39, 0.29) is 23.7 Å². The van der Waals surface area contributed by atoms with Gasteiger partial charge >= 0.3 is 12.1 Å². The predicted octanol–water partition coefficient (Wildman–Crippen LogP) is 6.20. The molecule has 37 heavy (non-hydrogen) atoms. The Kier molecular flexibility index (Phi) is 8.44. The molecule has 0 spiro atoms. The Bertz CT molecular complexity index is 1220. The molecule has 4 N–H and O–H groups in total. The van der Waals surface area contributed by atoms with E-state index < -0.39 is 0 Å². The molecule has 0 radical (unpaired) electrons. The molecule has 0 unspecified atom stereocenters. The van der Waals surface area contributed by atoms with Crippen molar-refractivity contribution in [3.8, 4) is 0 Å². The Morgan fingerprint density at radius 1 is 0.486 bits per heavy atom. The first-order chi connectivity index (χ1) is 17.9. The smallest absolute Gasteiger partial charge is 0.319 e. The van der Waals surface area contributed by atoms with E-state index >= 15 is 0 Å². The van der Waals surface area contributed by atoms with Crippen molar-refractivity contribution in [1.82, 2.24) is 10.6 Å². The van der Waals surface area contributed by atoms with Gasteiger partial charge in [-0.3, -0.25) is 0 Å².